The van der Waals surface area contributed by atoms with Crippen LogP contribution < -0.4 is 5.73 Å². The summed E-state index contributed by atoms with van der Waals surface area (Å²) in [6.07, 6.45) is -0.630. The van der Waals surface area contributed by atoms with E-state index in [1.165, 1.54) is 6.20 Å². The van der Waals surface area contributed by atoms with Gasteiger partial charge in [-0.2, -0.15) is 0 Å². The lowest BCUT2D eigenvalue weighted by Crippen LogP contribution is -2.17. The van der Waals surface area contributed by atoms with Gasteiger partial charge in [0.25, 0.3) is 6.43 Å². The van der Waals surface area contributed by atoms with Crippen LogP contribution in [0.3, 0.4) is 0 Å². The summed E-state index contributed by atoms with van der Waals surface area (Å²) in [6, 6.07) is -0.0262. The van der Waals surface area contributed by atoms with Gasteiger partial charge in [-0.1, -0.05) is 0 Å². The SMILES string of the molecule is CC(N)Cc1ncc(C(F)F)s1. The highest BCUT2D eigenvalue weighted by atomic mass is 32.1. The van der Waals surface area contributed by atoms with E-state index in [2.05, 4.69) is 4.98 Å². The van der Waals surface area contributed by atoms with Gasteiger partial charge in [0.05, 0.1) is 9.88 Å². The Kier molecular flexibility index (Phi) is 3.11. The Hall–Kier alpha value is -0.550. The summed E-state index contributed by atoms with van der Waals surface area (Å²) >= 11 is 1.03. The monoisotopic (exact) mass is 192 g/mol. The molecule has 0 bridgehead atoms. The zero-order valence-electron chi connectivity index (χ0n) is 6.63. The molecule has 68 valence electrons. The Morgan fingerprint density at radius 3 is 2.75 bits per heavy atom. The second kappa shape index (κ2) is 3.91. The average Bonchev–Trinajstić information content (AvgIpc) is 2.34. The molecule has 0 aliphatic carbocycles. The van der Waals surface area contributed by atoms with E-state index in [-0.39, 0.29) is 10.9 Å². The lowest BCUT2D eigenvalue weighted by molar-refractivity contribution is 0.155. The van der Waals surface area contributed by atoms with Crippen LogP contribution in [0, 0.1) is 0 Å². The van der Waals surface area contributed by atoms with E-state index in [9.17, 15) is 8.78 Å². The van der Waals surface area contributed by atoms with Crippen molar-refractivity contribution in [3.05, 3.63) is 16.1 Å². The van der Waals surface area contributed by atoms with Crippen LogP contribution in [0.15, 0.2) is 6.20 Å². The maximum atomic E-state index is 12.1. The van der Waals surface area contributed by atoms with Crippen LogP contribution in [0.25, 0.3) is 0 Å². The van der Waals surface area contributed by atoms with Crippen LogP contribution in [0.4, 0.5) is 8.78 Å². The van der Waals surface area contributed by atoms with Crippen LogP contribution in [-0.4, -0.2) is 11.0 Å². The lowest BCUT2D eigenvalue weighted by atomic mass is 10.3. The molecule has 1 heterocycles. The number of alkyl halides is 2. The van der Waals surface area contributed by atoms with Gasteiger partial charge in [0.1, 0.15) is 0 Å². The van der Waals surface area contributed by atoms with Crippen molar-refractivity contribution < 1.29 is 8.78 Å². The molecule has 1 aromatic heterocycles. The van der Waals surface area contributed by atoms with E-state index in [0.29, 0.717) is 11.4 Å². The third-order valence-corrected chi connectivity index (χ3v) is 2.31. The average molecular weight is 192 g/mol. The first kappa shape index (κ1) is 9.54. The number of nitrogens with two attached hydrogens (primary N) is 1. The molecule has 5 heteroatoms. The maximum Gasteiger partial charge on any atom is 0.274 e. The molecule has 0 radical (unpaired) electrons. The maximum absolute atomic E-state index is 12.1. The molecule has 0 saturated heterocycles. The molecule has 0 aromatic carbocycles. The standard InChI is InChI=1S/C7H10F2N2S/c1-4(10)2-6-11-3-5(12-6)7(8)9/h3-4,7H,2,10H2,1H3. The number of aromatic nitrogens is 1. The Morgan fingerprint density at radius 2 is 2.33 bits per heavy atom. The van der Waals surface area contributed by atoms with Crippen molar-refractivity contribution in [1.29, 1.82) is 0 Å². The summed E-state index contributed by atoms with van der Waals surface area (Å²) in [5.74, 6) is 0. The van der Waals surface area contributed by atoms with Crippen molar-refractivity contribution in [2.24, 2.45) is 5.73 Å². The molecule has 0 amide bonds. The first-order chi connectivity index (χ1) is 5.59. The summed E-state index contributed by atoms with van der Waals surface area (Å²) in [5.41, 5.74) is 5.49. The van der Waals surface area contributed by atoms with Gasteiger partial charge >= 0.3 is 0 Å². The number of hydrogen-bond donors (Lipinski definition) is 1. The number of hydrogen-bond acceptors (Lipinski definition) is 3. The Balaban J connectivity index is 2.64. The lowest BCUT2D eigenvalue weighted by Gasteiger charge is -1.98. The molecule has 0 saturated carbocycles. The minimum atomic E-state index is -2.41. The number of rotatable bonds is 3. The smallest absolute Gasteiger partial charge is 0.274 e. The van der Waals surface area contributed by atoms with Gasteiger partial charge < -0.3 is 5.73 Å². The normalized spacial score (nSPS) is 13.8. The van der Waals surface area contributed by atoms with Crippen molar-refractivity contribution in [3.8, 4) is 0 Å². The van der Waals surface area contributed by atoms with Gasteiger partial charge in [-0.15, -0.1) is 11.3 Å². The molecule has 1 atom stereocenters. The van der Waals surface area contributed by atoms with Crippen molar-refractivity contribution in [3.63, 3.8) is 0 Å². The van der Waals surface area contributed by atoms with Crippen LogP contribution >= 0.6 is 11.3 Å². The van der Waals surface area contributed by atoms with Crippen molar-refractivity contribution in [2.75, 3.05) is 0 Å². The van der Waals surface area contributed by atoms with E-state index in [1.807, 2.05) is 6.92 Å². The summed E-state index contributed by atoms with van der Waals surface area (Å²) in [5, 5.41) is 0.681. The predicted molar refractivity (Wildman–Crippen MR) is 44.4 cm³/mol. The Bertz CT molecular complexity index is 247. The predicted octanol–water partition coefficient (Wildman–Crippen LogP) is 1.97. The molecule has 0 fully saturated rings. The minimum absolute atomic E-state index is 0.0191. The fraction of sp³-hybridized carbons (Fsp3) is 0.571. The van der Waals surface area contributed by atoms with Gasteiger partial charge in [-0.05, 0) is 6.92 Å². The molecule has 1 rings (SSSR count). The van der Waals surface area contributed by atoms with Gasteiger partial charge in [0, 0.05) is 18.7 Å². The van der Waals surface area contributed by atoms with Crippen LogP contribution in [0.2, 0.25) is 0 Å². The van der Waals surface area contributed by atoms with Gasteiger partial charge in [0.15, 0.2) is 0 Å². The van der Waals surface area contributed by atoms with Crippen LogP contribution in [-0.2, 0) is 6.42 Å². The largest absolute Gasteiger partial charge is 0.328 e. The topological polar surface area (TPSA) is 38.9 Å². The van der Waals surface area contributed by atoms with Gasteiger partial charge in [-0.25, -0.2) is 13.8 Å². The molecule has 1 aromatic rings. The number of nitrogens with zero attached hydrogens (tertiary/aromatic N) is 1. The zero-order valence-corrected chi connectivity index (χ0v) is 7.44. The van der Waals surface area contributed by atoms with E-state index >= 15 is 0 Å². The van der Waals surface area contributed by atoms with Crippen molar-refractivity contribution in [1.82, 2.24) is 4.98 Å². The first-order valence-corrected chi connectivity index (χ1v) is 4.39. The fourth-order valence-electron chi connectivity index (χ4n) is 0.795. The molecule has 0 spiro atoms. The zero-order chi connectivity index (χ0) is 9.14. The highest BCUT2D eigenvalue weighted by molar-refractivity contribution is 7.11. The third-order valence-electron chi connectivity index (χ3n) is 1.28. The quantitative estimate of drug-likeness (QED) is 0.795. The molecular formula is C7H10F2N2S. The van der Waals surface area contributed by atoms with E-state index in [4.69, 9.17) is 5.73 Å². The third kappa shape index (κ3) is 2.49. The summed E-state index contributed by atoms with van der Waals surface area (Å²) < 4.78 is 24.1. The number of thiazole rings is 1. The second-order valence-electron chi connectivity index (χ2n) is 2.64. The first-order valence-electron chi connectivity index (χ1n) is 3.58. The van der Waals surface area contributed by atoms with Crippen LogP contribution in [0.5, 0.6) is 0 Å². The molecule has 2 N–H and O–H groups in total. The van der Waals surface area contributed by atoms with Gasteiger partial charge in [-0.3, -0.25) is 0 Å². The van der Waals surface area contributed by atoms with E-state index in [0.717, 1.165) is 11.3 Å². The van der Waals surface area contributed by atoms with Gasteiger partial charge in [0.2, 0.25) is 0 Å². The second-order valence-corrected chi connectivity index (χ2v) is 3.79. The Morgan fingerprint density at radius 1 is 1.67 bits per heavy atom. The highest BCUT2D eigenvalue weighted by Gasteiger charge is 2.11. The van der Waals surface area contributed by atoms with E-state index in [1.54, 1.807) is 0 Å². The van der Waals surface area contributed by atoms with Crippen molar-refractivity contribution >= 4 is 11.3 Å². The van der Waals surface area contributed by atoms with E-state index < -0.39 is 6.43 Å². The van der Waals surface area contributed by atoms with Crippen molar-refractivity contribution in [2.45, 2.75) is 25.8 Å². The molecule has 2 nitrogen and oxygen atoms in total. The molecular weight excluding hydrogens is 182 g/mol. The molecule has 12 heavy (non-hydrogen) atoms. The minimum Gasteiger partial charge on any atom is -0.328 e. The molecule has 1 unspecified atom stereocenters. The Labute approximate surface area is 73.4 Å². The molecule has 0 aliphatic heterocycles. The number of halogens is 2. The highest BCUT2D eigenvalue weighted by Crippen LogP contribution is 2.25. The molecule has 0 aliphatic rings. The summed E-state index contributed by atoms with van der Waals surface area (Å²) in [6.45, 7) is 1.82. The fourth-order valence-corrected chi connectivity index (χ4v) is 1.71. The van der Waals surface area contributed by atoms with Crippen LogP contribution in [0.1, 0.15) is 23.2 Å². The summed E-state index contributed by atoms with van der Waals surface area (Å²) in [7, 11) is 0. The summed E-state index contributed by atoms with van der Waals surface area (Å²) in [4.78, 5) is 3.86.